The van der Waals surface area contributed by atoms with Gasteiger partial charge in [0.15, 0.2) is 0 Å². The van der Waals surface area contributed by atoms with Crippen LogP contribution in [0.25, 0.3) is 0 Å². The minimum atomic E-state index is -0.950. The van der Waals surface area contributed by atoms with E-state index in [4.69, 9.17) is 10.9 Å². The third-order valence-electron chi connectivity index (χ3n) is 3.27. The minimum Gasteiger partial charge on any atom is -0.465 e. The molecule has 0 fully saturated rings. The van der Waals surface area contributed by atoms with Crippen LogP contribution < -0.4 is 5.73 Å². The van der Waals surface area contributed by atoms with E-state index in [0.29, 0.717) is 19.4 Å². The Bertz CT molecular complexity index is 521. The number of amides is 1. The lowest BCUT2D eigenvalue weighted by atomic mass is 9.99. The first-order valence-corrected chi connectivity index (χ1v) is 6.79. The summed E-state index contributed by atoms with van der Waals surface area (Å²) in [7, 11) is 0. The van der Waals surface area contributed by atoms with Crippen molar-refractivity contribution >= 4 is 11.9 Å². The van der Waals surface area contributed by atoms with E-state index in [1.54, 1.807) is 0 Å². The van der Waals surface area contributed by atoms with Crippen molar-refractivity contribution in [2.45, 2.75) is 45.7 Å². The Labute approximate surface area is 124 Å². The van der Waals surface area contributed by atoms with Crippen LogP contribution in [0.3, 0.4) is 0 Å². The zero-order valence-electron chi connectivity index (χ0n) is 12.7. The van der Waals surface area contributed by atoms with Crippen LogP contribution in [-0.2, 0) is 13.0 Å². The molecule has 6 nitrogen and oxygen atoms in total. The lowest BCUT2D eigenvalue weighted by molar-refractivity contribution is 0.0954. The number of carbonyl (C=O) groups is 1. The Kier molecular flexibility index (Phi) is 5.58. The molecule has 0 spiro atoms. The first-order valence-electron chi connectivity index (χ1n) is 6.79. The number of hydrogen-bond acceptors (Lipinski definition) is 3. The van der Waals surface area contributed by atoms with Gasteiger partial charge in [0.25, 0.3) is 0 Å². The standard InChI is InChI=1S/C15H23N3O3/c1-15(2,3)18(14(19)20)10-12-7-5-4-6-11(12)8-9-13(16)17-21/h4-7,21H,8-10H2,1-3H3,(H2,16,17)(H,19,20). The molecule has 0 saturated heterocycles. The average Bonchev–Trinajstić information content (AvgIpc) is 2.41. The third-order valence-corrected chi connectivity index (χ3v) is 3.27. The van der Waals surface area contributed by atoms with E-state index in [9.17, 15) is 9.90 Å². The zero-order chi connectivity index (χ0) is 16.0. The van der Waals surface area contributed by atoms with E-state index in [2.05, 4.69) is 5.16 Å². The second-order valence-corrected chi connectivity index (χ2v) is 5.90. The van der Waals surface area contributed by atoms with Gasteiger partial charge in [-0.1, -0.05) is 29.4 Å². The van der Waals surface area contributed by atoms with Gasteiger partial charge in [0.1, 0.15) is 5.84 Å². The second kappa shape index (κ2) is 6.97. The fourth-order valence-electron chi connectivity index (χ4n) is 2.03. The molecule has 6 heteroatoms. The number of nitrogens with two attached hydrogens (primary N) is 1. The smallest absolute Gasteiger partial charge is 0.408 e. The molecule has 0 radical (unpaired) electrons. The van der Waals surface area contributed by atoms with Crippen molar-refractivity contribution in [3.05, 3.63) is 35.4 Å². The van der Waals surface area contributed by atoms with Crippen molar-refractivity contribution in [2.24, 2.45) is 10.9 Å². The monoisotopic (exact) mass is 293 g/mol. The summed E-state index contributed by atoms with van der Waals surface area (Å²) in [6.45, 7) is 5.89. The molecule has 116 valence electrons. The molecule has 21 heavy (non-hydrogen) atoms. The van der Waals surface area contributed by atoms with Gasteiger partial charge in [0.05, 0.1) is 0 Å². The lowest BCUT2D eigenvalue weighted by Gasteiger charge is -2.33. The van der Waals surface area contributed by atoms with Crippen molar-refractivity contribution in [1.29, 1.82) is 0 Å². The van der Waals surface area contributed by atoms with Crippen molar-refractivity contribution < 1.29 is 15.1 Å². The second-order valence-electron chi connectivity index (χ2n) is 5.90. The molecule has 0 aliphatic carbocycles. The van der Waals surface area contributed by atoms with Gasteiger partial charge in [0, 0.05) is 18.5 Å². The Morgan fingerprint density at radius 1 is 1.29 bits per heavy atom. The molecule has 0 aromatic heterocycles. The molecular weight excluding hydrogens is 270 g/mol. The van der Waals surface area contributed by atoms with Crippen LogP contribution in [-0.4, -0.2) is 32.7 Å². The summed E-state index contributed by atoms with van der Waals surface area (Å²) < 4.78 is 0. The van der Waals surface area contributed by atoms with Crippen molar-refractivity contribution in [2.75, 3.05) is 0 Å². The van der Waals surface area contributed by atoms with Crippen LogP contribution in [0, 0.1) is 0 Å². The molecule has 1 rings (SSSR count). The van der Waals surface area contributed by atoms with Crippen molar-refractivity contribution in [3.63, 3.8) is 0 Å². The number of hydrogen-bond donors (Lipinski definition) is 3. The molecule has 0 atom stereocenters. The molecule has 0 saturated carbocycles. The summed E-state index contributed by atoms with van der Waals surface area (Å²) in [5.74, 6) is 0.163. The van der Waals surface area contributed by atoms with E-state index in [1.165, 1.54) is 4.90 Å². The van der Waals surface area contributed by atoms with Crippen LogP contribution in [0.5, 0.6) is 0 Å². The van der Waals surface area contributed by atoms with Gasteiger partial charge in [-0.3, -0.25) is 4.90 Å². The summed E-state index contributed by atoms with van der Waals surface area (Å²) in [5, 5.41) is 20.9. The zero-order valence-corrected chi connectivity index (χ0v) is 12.7. The fourth-order valence-corrected chi connectivity index (χ4v) is 2.03. The molecule has 4 N–H and O–H groups in total. The highest BCUT2D eigenvalue weighted by atomic mass is 16.4. The van der Waals surface area contributed by atoms with Crippen LogP contribution in [0.2, 0.25) is 0 Å². The molecule has 0 aliphatic heterocycles. The van der Waals surface area contributed by atoms with E-state index in [0.717, 1.165) is 11.1 Å². The highest BCUT2D eigenvalue weighted by molar-refractivity contribution is 5.79. The number of rotatable bonds is 5. The van der Waals surface area contributed by atoms with Crippen molar-refractivity contribution in [1.82, 2.24) is 4.90 Å². The van der Waals surface area contributed by atoms with Gasteiger partial charge in [-0.25, -0.2) is 4.79 Å². The maximum absolute atomic E-state index is 11.4. The Hall–Kier alpha value is -2.24. The number of oxime groups is 1. The maximum Gasteiger partial charge on any atom is 0.408 e. The number of amidine groups is 1. The molecule has 0 aliphatic rings. The van der Waals surface area contributed by atoms with Gasteiger partial charge >= 0.3 is 6.09 Å². The Balaban J connectivity index is 2.94. The predicted octanol–water partition coefficient (Wildman–Crippen LogP) is 2.64. The molecule has 1 amide bonds. The predicted molar refractivity (Wildman–Crippen MR) is 81.5 cm³/mol. The molecule has 1 aromatic rings. The van der Waals surface area contributed by atoms with Gasteiger partial charge in [-0.15, -0.1) is 0 Å². The van der Waals surface area contributed by atoms with Crippen LogP contribution in [0.1, 0.15) is 38.3 Å². The number of benzene rings is 1. The lowest BCUT2D eigenvalue weighted by Crippen LogP contribution is -2.44. The van der Waals surface area contributed by atoms with Gasteiger partial charge < -0.3 is 16.0 Å². The van der Waals surface area contributed by atoms with Crippen LogP contribution in [0.4, 0.5) is 4.79 Å². The van der Waals surface area contributed by atoms with E-state index >= 15 is 0 Å². The first kappa shape index (κ1) is 16.8. The van der Waals surface area contributed by atoms with Gasteiger partial charge in [-0.2, -0.15) is 0 Å². The average molecular weight is 293 g/mol. The summed E-state index contributed by atoms with van der Waals surface area (Å²) >= 11 is 0. The highest BCUT2D eigenvalue weighted by Crippen LogP contribution is 2.20. The quantitative estimate of drug-likeness (QED) is 0.336. The number of nitrogens with zero attached hydrogens (tertiary/aromatic N) is 2. The summed E-state index contributed by atoms with van der Waals surface area (Å²) in [4.78, 5) is 12.8. The molecule has 1 aromatic carbocycles. The molecular formula is C15H23N3O3. The molecule has 0 unspecified atom stereocenters. The largest absolute Gasteiger partial charge is 0.465 e. The highest BCUT2D eigenvalue weighted by Gasteiger charge is 2.26. The van der Waals surface area contributed by atoms with Gasteiger partial charge in [0.2, 0.25) is 0 Å². The number of carboxylic acid groups (broad SMARTS) is 1. The van der Waals surface area contributed by atoms with E-state index in [1.807, 2.05) is 45.0 Å². The summed E-state index contributed by atoms with van der Waals surface area (Å²) in [6.07, 6.45) is 0.0773. The van der Waals surface area contributed by atoms with Crippen LogP contribution in [0.15, 0.2) is 29.4 Å². The Morgan fingerprint density at radius 2 is 1.86 bits per heavy atom. The van der Waals surface area contributed by atoms with E-state index in [-0.39, 0.29) is 5.84 Å². The summed E-state index contributed by atoms with van der Waals surface area (Å²) in [5.41, 5.74) is 6.93. The van der Waals surface area contributed by atoms with E-state index < -0.39 is 11.6 Å². The third kappa shape index (κ3) is 4.98. The number of aryl methyl sites for hydroxylation is 1. The van der Waals surface area contributed by atoms with Gasteiger partial charge in [-0.05, 0) is 38.3 Å². The molecule has 0 bridgehead atoms. The topological polar surface area (TPSA) is 99.1 Å². The minimum absolute atomic E-state index is 0.163. The normalized spacial score (nSPS) is 12.2. The molecule has 0 heterocycles. The fraction of sp³-hybridized carbons (Fsp3) is 0.467. The maximum atomic E-state index is 11.4. The van der Waals surface area contributed by atoms with Crippen LogP contribution >= 0.6 is 0 Å². The SMILES string of the molecule is CC(C)(C)N(Cc1ccccc1CC/C(N)=N\O)C(=O)O. The Morgan fingerprint density at radius 3 is 2.33 bits per heavy atom. The first-order chi connectivity index (χ1) is 9.75. The van der Waals surface area contributed by atoms with Crippen molar-refractivity contribution in [3.8, 4) is 0 Å². The summed E-state index contributed by atoms with van der Waals surface area (Å²) in [6, 6.07) is 7.62.